The van der Waals surface area contributed by atoms with E-state index in [1.165, 1.54) is 17.8 Å². The van der Waals surface area contributed by atoms with Crippen LogP contribution in [0, 0.1) is 0 Å². The highest BCUT2D eigenvalue weighted by Crippen LogP contribution is 2.25. The molecule has 2 rings (SSSR count). The zero-order chi connectivity index (χ0) is 16.1. The number of hydrogen-bond acceptors (Lipinski definition) is 6. The molecule has 0 unspecified atom stereocenters. The number of carbonyl (C=O) groups excluding carboxylic acids is 1. The molecule has 4 N–H and O–H groups in total. The van der Waals surface area contributed by atoms with Gasteiger partial charge in [0.2, 0.25) is 5.91 Å². The molecule has 0 spiro atoms. The number of nitrogens with two attached hydrogens (primary N) is 2. The fourth-order valence-electron chi connectivity index (χ4n) is 2.02. The molecule has 1 heterocycles. The van der Waals surface area contributed by atoms with Gasteiger partial charge in [-0.2, -0.15) is 0 Å². The Labute approximate surface area is 133 Å². The van der Waals surface area contributed by atoms with E-state index in [0.717, 1.165) is 5.69 Å². The minimum atomic E-state index is -0.346. The van der Waals surface area contributed by atoms with E-state index in [-0.39, 0.29) is 11.2 Å². The van der Waals surface area contributed by atoms with Crippen LogP contribution in [0.25, 0.3) is 0 Å². The monoisotopic (exact) mass is 317 g/mol. The first-order valence-electron chi connectivity index (χ1n) is 6.94. The molecule has 0 bridgehead atoms. The third-order valence-electron chi connectivity index (χ3n) is 3.03. The normalized spacial score (nSPS) is 11.9. The van der Waals surface area contributed by atoms with Crippen LogP contribution in [0.5, 0.6) is 0 Å². The van der Waals surface area contributed by atoms with Gasteiger partial charge in [-0.3, -0.25) is 4.79 Å². The maximum absolute atomic E-state index is 12.6. The number of anilines is 3. The van der Waals surface area contributed by atoms with E-state index in [9.17, 15) is 4.79 Å². The van der Waals surface area contributed by atoms with Crippen molar-refractivity contribution in [1.82, 2.24) is 9.97 Å². The van der Waals surface area contributed by atoms with Gasteiger partial charge in [-0.15, -0.1) is 0 Å². The fourth-order valence-corrected chi connectivity index (χ4v) is 2.88. The van der Waals surface area contributed by atoms with Crippen LogP contribution >= 0.6 is 11.8 Å². The van der Waals surface area contributed by atoms with Gasteiger partial charge in [-0.05, 0) is 26.0 Å². The molecule has 0 fully saturated rings. The van der Waals surface area contributed by atoms with Crippen LogP contribution in [-0.4, -0.2) is 27.7 Å². The summed E-state index contributed by atoms with van der Waals surface area (Å²) in [4.78, 5) is 22.6. The van der Waals surface area contributed by atoms with Gasteiger partial charge >= 0.3 is 0 Å². The van der Waals surface area contributed by atoms with Gasteiger partial charge in [0.25, 0.3) is 0 Å². The van der Waals surface area contributed by atoms with Gasteiger partial charge in [0.05, 0.1) is 5.25 Å². The third kappa shape index (κ3) is 3.88. The number of benzene rings is 1. The molecule has 2 aromatic rings. The average Bonchev–Trinajstić information content (AvgIpc) is 2.47. The van der Waals surface area contributed by atoms with Gasteiger partial charge in [0.15, 0.2) is 5.16 Å². The van der Waals surface area contributed by atoms with Gasteiger partial charge in [0.1, 0.15) is 11.6 Å². The smallest absolute Gasteiger partial charge is 0.240 e. The van der Waals surface area contributed by atoms with E-state index in [0.29, 0.717) is 23.3 Å². The number of hydrogen-bond donors (Lipinski definition) is 2. The first-order valence-corrected chi connectivity index (χ1v) is 7.82. The number of carbonyl (C=O) groups is 1. The average molecular weight is 317 g/mol. The van der Waals surface area contributed by atoms with Gasteiger partial charge in [0, 0.05) is 18.3 Å². The lowest BCUT2D eigenvalue weighted by Crippen LogP contribution is -2.36. The number of thioether (sulfide) groups is 1. The van der Waals surface area contributed by atoms with Crippen molar-refractivity contribution < 1.29 is 4.79 Å². The van der Waals surface area contributed by atoms with Crippen LogP contribution < -0.4 is 16.4 Å². The third-order valence-corrected chi connectivity index (χ3v) is 3.97. The number of nitrogen functional groups attached to an aromatic ring is 2. The Morgan fingerprint density at radius 3 is 2.36 bits per heavy atom. The summed E-state index contributed by atoms with van der Waals surface area (Å²) in [6.07, 6.45) is 0. The summed E-state index contributed by atoms with van der Waals surface area (Å²) in [5.41, 5.74) is 12.2. The second-order valence-electron chi connectivity index (χ2n) is 4.68. The molecular formula is C15H19N5OS. The van der Waals surface area contributed by atoms with Gasteiger partial charge in [-0.25, -0.2) is 9.97 Å². The van der Waals surface area contributed by atoms with E-state index < -0.39 is 0 Å². The van der Waals surface area contributed by atoms with Crippen molar-refractivity contribution in [2.45, 2.75) is 24.3 Å². The molecule has 1 amide bonds. The summed E-state index contributed by atoms with van der Waals surface area (Å²) < 4.78 is 0. The highest BCUT2D eigenvalue weighted by molar-refractivity contribution is 8.00. The Kier molecular flexibility index (Phi) is 5.21. The Hall–Kier alpha value is -2.28. The van der Waals surface area contributed by atoms with Gasteiger partial charge < -0.3 is 16.4 Å². The van der Waals surface area contributed by atoms with Crippen LogP contribution in [-0.2, 0) is 4.79 Å². The topological polar surface area (TPSA) is 98.1 Å². The van der Waals surface area contributed by atoms with Crippen molar-refractivity contribution in [1.29, 1.82) is 0 Å². The van der Waals surface area contributed by atoms with Crippen LogP contribution in [0.3, 0.4) is 0 Å². The van der Waals surface area contributed by atoms with Crippen molar-refractivity contribution >= 4 is 35.0 Å². The zero-order valence-corrected chi connectivity index (χ0v) is 13.4. The van der Waals surface area contributed by atoms with E-state index in [2.05, 4.69) is 9.97 Å². The highest BCUT2D eigenvalue weighted by atomic mass is 32.2. The minimum absolute atomic E-state index is 0.0108. The molecule has 1 aromatic carbocycles. The predicted molar refractivity (Wildman–Crippen MR) is 90.6 cm³/mol. The molecule has 0 saturated heterocycles. The summed E-state index contributed by atoms with van der Waals surface area (Å²) in [6.45, 7) is 4.35. The van der Waals surface area contributed by atoms with Crippen molar-refractivity contribution in [2.24, 2.45) is 0 Å². The molecule has 0 saturated carbocycles. The van der Waals surface area contributed by atoms with Gasteiger partial charge in [-0.1, -0.05) is 30.0 Å². The number of amides is 1. The minimum Gasteiger partial charge on any atom is -0.383 e. The van der Waals surface area contributed by atoms with E-state index >= 15 is 0 Å². The molecule has 116 valence electrons. The molecular weight excluding hydrogens is 298 g/mol. The van der Waals surface area contributed by atoms with E-state index in [1.54, 1.807) is 4.90 Å². The van der Waals surface area contributed by atoms with Crippen molar-refractivity contribution in [3.8, 4) is 0 Å². The number of nitrogens with zero attached hydrogens (tertiary/aromatic N) is 3. The van der Waals surface area contributed by atoms with Crippen molar-refractivity contribution in [3.63, 3.8) is 0 Å². The predicted octanol–water partition coefficient (Wildman–Crippen LogP) is 2.17. The second kappa shape index (κ2) is 7.13. The molecule has 0 aliphatic carbocycles. The quantitative estimate of drug-likeness (QED) is 0.648. The largest absolute Gasteiger partial charge is 0.383 e. The Bertz CT molecular complexity index is 629. The lowest BCUT2D eigenvalue weighted by Gasteiger charge is -2.24. The maximum atomic E-state index is 12.6. The van der Waals surface area contributed by atoms with Crippen molar-refractivity contribution in [2.75, 3.05) is 22.9 Å². The second-order valence-corrected chi connectivity index (χ2v) is 5.99. The Balaban J connectivity index is 2.14. The molecule has 0 aliphatic rings. The Morgan fingerprint density at radius 2 is 1.82 bits per heavy atom. The summed E-state index contributed by atoms with van der Waals surface area (Å²) in [5.74, 6) is 0.582. The number of rotatable bonds is 5. The lowest BCUT2D eigenvalue weighted by atomic mass is 10.2. The SMILES string of the molecule is CCN(C(=O)[C@H](C)Sc1nc(N)cc(N)n1)c1ccccc1. The van der Waals surface area contributed by atoms with Crippen LogP contribution in [0.4, 0.5) is 17.3 Å². The molecule has 6 nitrogen and oxygen atoms in total. The van der Waals surface area contributed by atoms with E-state index in [1.807, 2.05) is 44.2 Å². The number of aromatic nitrogens is 2. The highest BCUT2D eigenvalue weighted by Gasteiger charge is 2.22. The molecule has 0 aliphatic heterocycles. The van der Waals surface area contributed by atoms with Crippen LogP contribution in [0.2, 0.25) is 0 Å². The first-order chi connectivity index (χ1) is 10.5. The van der Waals surface area contributed by atoms with Crippen LogP contribution in [0.1, 0.15) is 13.8 Å². The molecule has 1 aromatic heterocycles. The molecule has 22 heavy (non-hydrogen) atoms. The zero-order valence-electron chi connectivity index (χ0n) is 12.6. The summed E-state index contributed by atoms with van der Waals surface area (Å²) in [5, 5.41) is 0.0591. The molecule has 1 atom stereocenters. The first kappa shape index (κ1) is 16.1. The van der Waals surface area contributed by atoms with Crippen LogP contribution in [0.15, 0.2) is 41.6 Å². The van der Waals surface area contributed by atoms with E-state index in [4.69, 9.17) is 11.5 Å². The van der Waals surface area contributed by atoms with Crippen molar-refractivity contribution in [3.05, 3.63) is 36.4 Å². The number of para-hydroxylation sites is 1. The maximum Gasteiger partial charge on any atom is 0.240 e. The fraction of sp³-hybridized carbons (Fsp3) is 0.267. The summed E-state index contributed by atoms with van der Waals surface area (Å²) in [7, 11) is 0. The summed E-state index contributed by atoms with van der Waals surface area (Å²) >= 11 is 1.24. The summed E-state index contributed by atoms with van der Waals surface area (Å²) in [6, 6.07) is 11.0. The lowest BCUT2D eigenvalue weighted by molar-refractivity contribution is -0.117. The molecule has 0 radical (unpaired) electrons. The molecule has 7 heteroatoms. The standard InChI is InChI=1S/C15H19N5OS/c1-3-20(11-7-5-4-6-8-11)14(21)10(2)22-15-18-12(16)9-13(17)19-15/h4-10H,3H2,1-2H3,(H4,16,17,18,19)/t10-/m0/s1. The Morgan fingerprint density at radius 1 is 1.23 bits per heavy atom.